The fourth-order valence-electron chi connectivity index (χ4n) is 2.37. The molecule has 0 radical (unpaired) electrons. The van der Waals surface area contributed by atoms with E-state index in [-0.39, 0.29) is 17.2 Å². The molecular formula is C18H18N6O4S2. The number of primary sulfonamides is 1. The lowest BCUT2D eigenvalue weighted by Crippen LogP contribution is -2.19. The Morgan fingerprint density at radius 2 is 1.53 bits per heavy atom. The predicted octanol–water partition coefficient (Wildman–Crippen LogP) is 2.20. The van der Waals surface area contributed by atoms with Crippen molar-refractivity contribution < 1.29 is 18.0 Å². The van der Waals surface area contributed by atoms with Gasteiger partial charge in [-0.2, -0.15) is 0 Å². The molecule has 30 heavy (non-hydrogen) atoms. The van der Waals surface area contributed by atoms with E-state index in [0.29, 0.717) is 27.9 Å². The molecule has 3 aromatic rings. The lowest BCUT2D eigenvalue weighted by Gasteiger charge is -2.06. The maximum Gasteiger partial charge on any atom is 0.325 e. The number of carbonyl (C=O) groups excluding carboxylic acids is 2. The van der Waals surface area contributed by atoms with E-state index in [9.17, 15) is 18.0 Å². The number of hydrogen-bond acceptors (Lipinski definition) is 7. The molecule has 0 fully saturated rings. The molecule has 0 saturated carbocycles. The summed E-state index contributed by atoms with van der Waals surface area (Å²) in [6.07, 6.45) is -0.0191. The summed E-state index contributed by atoms with van der Waals surface area (Å²) >= 11 is 1.18. The average molecular weight is 447 g/mol. The van der Waals surface area contributed by atoms with Gasteiger partial charge in [-0.05, 0) is 48.5 Å². The van der Waals surface area contributed by atoms with E-state index in [1.807, 2.05) is 0 Å². The Kier molecular flexibility index (Phi) is 6.30. The van der Waals surface area contributed by atoms with Crippen molar-refractivity contribution in [3.05, 3.63) is 59.6 Å². The van der Waals surface area contributed by atoms with Crippen molar-refractivity contribution in [3.8, 4) is 0 Å². The summed E-state index contributed by atoms with van der Waals surface area (Å²) in [4.78, 5) is 28.3. The Bertz CT molecular complexity index is 1160. The molecule has 1 heterocycles. The Hall–Kier alpha value is -3.48. The SMILES string of the molecule is Nc1ccc(NC(=O)Nc2nc(CC(=O)Nc3ccc(S(N)(=O)=O)cc3)cs2)cc1. The number of benzene rings is 2. The fraction of sp³-hybridized carbons (Fsp3) is 0.0556. The first-order chi connectivity index (χ1) is 14.2. The largest absolute Gasteiger partial charge is 0.399 e. The molecular weight excluding hydrogens is 428 g/mol. The van der Waals surface area contributed by atoms with Crippen molar-refractivity contribution >= 4 is 55.5 Å². The third kappa shape index (κ3) is 6.01. The predicted molar refractivity (Wildman–Crippen MR) is 116 cm³/mol. The number of nitrogens with one attached hydrogen (secondary N) is 3. The standard InChI is InChI=1S/C18H18N6O4S2/c19-11-1-3-13(4-2-11)22-17(26)24-18-23-14(10-29-18)9-16(25)21-12-5-7-15(8-6-12)30(20,27)28/h1-8,10H,9,19H2,(H,21,25)(H2,20,27,28)(H2,22,23,24,26). The van der Waals surface area contributed by atoms with Gasteiger partial charge in [-0.3, -0.25) is 10.1 Å². The van der Waals surface area contributed by atoms with Crippen LogP contribution < -0.4 is 26.8 Å². The number of nitrogens with zero attached hydrogens (tertiary/aromatic N) is 1. The van der Waals surface area contributed by atoms with Crippen molar-refractivity contribution in [1.29, 1.82) is 0 Å². The summed E-state index contributed by atoms with van der Waals surface area (Å²) in [6.45, 7) is 0. The van der Waals surface area contributed by atoms with E-state index < -0.39 is 16.1 Å². The normalized spacial score (nSPS) is 11.0. The highest BCUT2D eigenvalue weighted by Gasteiger charge is 2.12. The zero-order valence-electron chi connectivity index (χ0n) is 15.5. The molecule has 0 unspecified atom stereocenters. The second-order valence-corrected chi connectivity index (χ2v) is 8.56. The number of anilines is 4. The van der Waals surface area contributed by atoms with Crippen LogP contribution in [0.3, 0.4) is 0 Å². The van der Waals surface area contributed by atoms with Gasteiger partial charge in [0.15, 0.2) is 5.13 Å². The molecule has 0 atom stereocenters. The van der Waals surface area contributed by atoms with Crippen molar-refractivity contribution in [3.63, 3.8) is 0 Å². The van der Waals surface area contributed by atoms with Crippen LogP contribution in [0.5, 0.6) is 0 Å². The van der Waals surface area contributed by atoms with Gasteiger partial charge in [-0.25, -0.2) is 23.3 Å². The summed E-state index contributed by atoms with van der Waals surface area (Å²) in [5.74, 6) is -0.346. The van der Waals surface area contributed by atoms with E-state index in [4.69, 9.17) is 10.9 Å². The first-order valence-corrected chi connectivity index (χ1v) is 10.9. The van der Waals surface area contributed by atoms with Gasteiger partial charge in [0.25, 0.3) is 0 Å². The van der Waals surface area contributed by atoms with Gasteiger partial charge in [0.2, 0.25) is 15.9 Å². The van der Waals surface area contributed by atoms with Crippen LogP contribution in [0.25, 0.3) is 0 Å². The van der Waals surface area contributed by atoms with E-state index in [1.165, 1.54) is 35.6 Å². The maximum atomic E-state index is 12.2. The first-order valence-electron chi connectivity index (χ1n) is 8.50. The van der Waals surface area contributed by atoms with Crippen molar-refractivity contribution in [2.75, 3.05) is 21.7 Å². The summed E-state index contributed by atoms with van der Waals surface area (Å²) in [7, 11) is -3.79. The molecule has 0 aliphatic carbocycles. The van der Waals surface area contributed by atoms with Crippen LogP contribution in [-0.4, -0.2) is 25.3 Å². The number of rotatable bonds is 6. The summed E-state index contributed by atoms with van der Waals surface area (Å²) in [6, 6.07) is 11.7. The van der Waals surface area contributed by atoms with E-state index in [2.05, 4.69) is 20.9 Å². The first kappa shape index (κ1) is 21.2. The minimum absolute atomic E-state index is 0.0191. The summed E-state index contributed by atoms with van der Waals surface area (Å²) < 4.78 is 22.5. The fourth-order valence-corrected chi connectivity index (χ4v) is 3.59. The van der Waals surface area contributed by atoms with Crippen LogP contribution in [0.1, 0.15) is 5.69 Å². The Morgan fingerprint density at radius 1 is 0.933 bits per heavy atom. The number of carbonyl (C=O) groups is 2. The second-order valence-electron chi connectivity index (χ2n) is 6.14. The molecule has 156 valence electrons. The molecule has 0 aliphatic heterocycles. The van der Waals surface area contributed by atoms with E-state index in [0.717, 1.165) is 0 Å². The molecule has 12 heteroatoms. The molecule has 2 aromatic carbocycles. The number of urea groups is 1. The maximum absolute atomic E-state index is 12.2. The molecule has 3 rings (SSSR count). The Labute approximate surface area is 176 Å². The summed E-state index contributed by atoms with van der Waals surface area (Å²) in [5.41, 5.74) is 7.65. The number of aromatic nitrogens is 1. The lowest BCUT2D eigenvalue weighted by molar-refractivity contribution is -0.115. The lowest BCUT2D eigenvalue weighted by atomic mass is 10.3. The van der Waals surface area contributed by atoms with Crippen molar-refractivity contribution in [1.82, 2.24) is 4.98 Å². The number of nitrogens with two attached hydrogens (primary N) is 2. The Morgan fingerprint density at radius 3 is 2.17 bits per heavy atom. The molecule has 0 bridgehead atoms. The van der Waals surface area contributed by atoms with Gasteiger partial charge in [0.1, 0.15) is 0 Å². The second kappa shape index (κ2) is 8.90. The smallest absolute Gasteiger partial charge is 0.325 e. The molecule has 0 aliphatic rings. The van der Waals surface area contributed by atoms with Crippen molar-refractivity contribution in [2.45, 2.75) is 11.3 Å². The summed E-state index contributed by atoms with van der Waals surface area (Å²) in [5, 5.41) is 14.9. The number of amides is 3. The topological polar surface area (TPSA) is 169 Å². The third-order valence-electron chi connectivity index (χ3n) is 3.75. The van der Waals surface area contributed by atoms with Gasteiger partial charge in [-0.15, -0.1) is 11.3 Å². The van der Waals surface area contributed by atoms with Crippen LogP contribution in [0.15, 0.2) is 58.8 Å². The number of nitrogen functional groups attached to an aromatic ring is 1. The minimum Gasteiger partial charge on any atom is -0.399 e. The molecule has 0 saturated heterocycles. The third-order valence-corrected chi connectivity index (χ3v) is 5.48. The highest BCUT2D eigenvalue weighted by atomic mass is 32.2. The number of thiazole rings is 1. The number of sulfonamides is 1. The zero-order valence-corrected chi connectivity index (χ0v) is 17.1. The van der Waals surface area contributed by atoms with Crippen LogP contribution in [0.2, 0.25) is 0 Å². The molecule has 0 spiro atoms. The quantitative estimate of drug-likeness (QED) is 0.363. The monoisotopic (exact) mass is 446 g/mol. The van der Waals surface area contributed by atoms with Gasteiger partial charge in [0, 0.05) is 22.4 Å². The van der Waals surface area contributed by atoms with Gasteiger partial charge < -0.3 is 16.4 Å². The highest BCUT2D eigenvalue weighted by Crippen LogP contribution is 2.18. The van der Waals surface area contributed by atoms with Gasteiger partial charge in [-0.1, -0.05) is 0 Å². The highest BCUT2D eigenvalue weighted by molar-refractivity contribution is 7.89. The molecule has 1 aromatic heterocycles. The van der Waals surface area contributed by atoms with Gasteiger partial charge in [0.05, 0.1) is 17.0 Å². The van der Waals surface area contributed by atoms with E-state index >= 15 is 0 Å². The van der Waals surface area contributed by atoms with Crippen LogP contribution in [0.4, 0.5) is 27.0 Å². The van der Waals surface area contributed by atoms with Crippen LogP contribution in [-0.2, 0) is 21.2 Å². The average Bonchev–Trinajstić information content (AvgIpc) is 3.09. The van der Waals surface area contributed by atoms with Crippen molar-refractivity contribution in [2.24, 2.45) is 5.14 Å². The van der Waals surface area contributed by atoms with Gasteiger partial charge >= 0.3 is 6.03 Å². The van der Waals surface area contributed by atoms with Crippen LogP contribution in [0, 0.1) is 0 Å². The number of hydrogen-bond donors (Lipinski definition) is 5. The van der Waals surface area contributed by atoms with E-state index in [1.54, 1.807) is 29.6 Å². The molecule has 10 nitrogen and oxygen atoms in total. The Balaban J connectivity index is 1.52. The zero-order chi connectivity index (χ0) is 21.7. The molecule has 3 amide bonds. The molecule has 7 N–H and O–H groups in total. The minimum atomic E-state index is -3.79. The van der Waals surface area contributed by atoms with Crippen LogP contribution >= 0.6 is 11.3 Å².